The Kier molecular flexibility index (Phi) is 2.81. The molecule has 0 fully saturated rings. The predicted molar refractivity (Wildman–Crippen MR) is 70.6 cm³/mol. The van der Waals surface area contributed by atoms with Crippen LogP contribution in [0.15, 0.2) is 24.3 Å². The van der Waals surface area contributed by atoms with Crippen LogP contribution in [0.3, 0.4) is 0 Å². The van der Waals surface area contributed by atoms with Crippen molar-refractivity contribution in [3.05, 3.63) is 34.2 Å². The van der Waals surface area contributed by atoms with E-state index in [1.165, 1.54) is 11.3 Å². The Morgan fingerprint density at radius 3 is 2.44 bits per heavy atom. The van der Waals surface area contributed by atoms with E-state index in [4.69, 9.17) is 11.6 Å². The number of hydrogen-bond acceptors (Lipinski definition) is 2. The van der Waals surface area contributed by atoms with Gasteiger partial charge in [0.2, 0.25) is 0 Å². The maximum absolute atomic E-state index is 12.2. The second-order valence-corrected chi connectivity index (χ2v) is 6.25. The van der Waals surface area contributed by atoms with Gasteiger partial charge < -0.3 is 0 Å². The summed E-state index contributed by atoms with van der Waals surface area (Å²) >= 11 is 7.73. The molecule has 2 aromatic rings. The molecule has 0 radical (unpaired) electrons. The first-order valence-electron chi connectivity index (χ1n) is 5.13. The van der Waals surface area contributed by atoms with Crippen molar-refractivity contribution in [1.82, 2.24) is 0 Å². The largest absolute Gasteiger partial charge is 0.293 e. The molecule has 0 aliphatic heterocycles. The van der Waals surface area contributed by atoms with Crippen LogP contribution in [-0.2, 0) is 0 Å². The van der Waals surface area contributed by atoms with Gasteiger partial charge in [0.05, 0.1) is 9.90 Å². The Labute approximate surface area is 104 Å². The fourth-order valence-corrected chi connectivity index (χ4v) is 3.17. The molecule has 1 aromatic carbocycles. The first-order chi connectivity index (χ1) is 7.41. The minimum Gasteiger partial charge on any atom is -0.293 e. The maximum atomic E-state index is 12.2. The van der Waals surface area contributed by atoms with E-state index in [1.807, 2.05) is 45.0 Å². The van der Waals surface area contributed by atoms with Crippen LogP contribution in [0.1, 0.15) is 30.4 Å². The molecule has 1 aromatic heterocycles. The average Bonchev–Trinajstić information content (AvgIpc) is 2.54. The molecule has 0 N–H and O–H groups in total. The summed E-state index contributed by atoms with van der Waals surface area (Å²) in [6.07, 6.45) is 0. The number of ketones is 1. The first-order valence-corrected chi connectivity index (χ1v) is 6.32. The van der Waals surface area contributed by atoms with Gasteiger partial charge in [-0.1, -0.05) is 50.6 Å². The molecule has 3 heteroatoms. The van der Waals surface area contributed by atoms with E-state index < -0.39 is 0 Å². The molecule has 2 rings (SSSR count). The van der Waals surface area contributed by atoms with E-state index in [2.05, 4.69) is 0 Å². The Bertz CT molecular complexity index is 549. The van der Waals surface area contributed by atoms with Crippen molar-refractivity contribution in [1.29, 1.82) is 0 Å². The highest BCUT2D eigenvalue weighted by Crippen LogP contribution is 2.38. The van der Waals surface area contributed by atoms with Gasteiger partial charge >= 0.3 is 0 Å². The van der Waals surface area contributed by atoms with Crippen molar-refractivity contribution >= 4 is 38.8 Å². The number of halogens is 1. The normalized spacial score (nSPS) is 12.0. The molecule has 1 heterocycles. The number of rotatable bonds is 1. The van der Waals surface area contributed by atoms with E-state index >= 15 is 0 Å². The van der Waals surface area contributed by atoms with E-state index in [-0.39, 0.29) is 11.2 Å². The number of carbonyl (C=O) groups is 1. The van der Waals surface area contributed by atoms with Gasteiger partial charge in [0.25, 0.3) is 0 Å². The number of Topliss-reactive ketones (excluding diaryl/α,β-unsaturated/α-hetero) is 1. The highest BCUT2D eigenvalue weighted by atomic mass is 35.5. The fourth-order valence-electron chi connectivity index (χ4n) is 1.50. The third-order valence-electron chi connectivity index (χ3n) is 2.42. The molecule has 0 unspecified atom stereocenters. The minimum atomic E-state index is -0.384. The monoisotopic (exact) mass is 252 g/mol. The van der Waals surface area contributed by atoms with Crippen LogP contribution in [-0.4, -0.2) is 5.78 Å². The Balaban J connectivity index is 2.63. The molecule has 0 amide bonds. The molecule has 0 aliphatic carbocycles. The summed E-state index contributed by atoms with van der Waals surface area (Å²) in [6, 6.07) is 7.84. The van der Waals surface area contributed by atoms with Gasteiger partial charge in [-0.2, -0.15) is 0 Å². The van der Waals surface area contributed by atoms with Crippen molar-refractivity contribution < 1.29 is 4.79 Å². The molecular weight excluding hydrogens is 240 g/mol. The summed E-state index contributed by atoms with van der Waals surface area (Å²) in [5, 5.41) is 1.57. The summed E-state index contributed by atoms with van der Waals surface area (Å²) < 4.78 is 1.07. The van der Waals surface area contributed by atoms with E-state index in [9.17, 15) is 4.79 Å². The summed E-state index contributed by atoms with van der Waals surface area (Å²) in [7, 11) is 0. The lowest BCUT2D eigenvalue weighted by Crippen LogP contribution is -2.19. The smallest absolute Gasteiger partial charge is 0.179 e. The SMILES string of the molecule is CC(C)(C)C(=O)c1sc2ccccc2c1Cl. The lowest BCUT2D eigenvalue weighted by atomic mass is 9.90. The Morgan fingerprint density at radius 1 is 1.25 bits per heavy atom. The third kappa shape index (κ3) is 1.87. The summed E-state index contributed by atoms with van der Waals surface area (Å²) in [4.78, 5) is 12.9. The van der Waals surface area contributed by atoms with E-state index in [1.54, 1.807) is 0 Å². The third-order valence-corrected chi connectivity index (χ3v) is 4.10. The molecule has 1 nitrogen and oxygen atoms in total. The van der Waals surface area contributed by atoms with Crippen LogP contribution in [0.2, 0.25) is 5.02 Å². The molecule has 0 atom stereocenters. The van der Waals surface area contributed by atoms with Crippen molar-refractivity contribution in [2.75, 3.05) is 0 Å². The quantitative estimate of drug-likeness (QED) is 0.668. The maximum Gasteiger partial charge on any atom is 0.179 e. The highest BCUT2D eigenvalue weighted by molar-refractivity contribution is 7.21. The molecule has 84 valence electrons. The van der Waals surface area contributed by atoms with Crippen molar-refractivity contribution in [3.63, 3.8) is 0 Å². The average molecular weight is 253 g/mol. The van der Waals surface area contributed by atoms with Gasteiger partial charge in [-0.15, -0.1) is 11.3 Å². The minimum absolute atomic E-state index is 0.110. The van der Waals surface area contributed by atoms with Gasteiger partial charge in [-0.25, -0.2) is 0 Å². The number of fused-ring (bicyclic) bond motifs is 1. The van der Waals surface area contributed by atoms with Gasteiger partial charge in [0.15, 0.2) is 5.78 Å². The van der Waals surface area contributed by atoms with Gasteiger partial charge in [0, 0.05) is 15.5 Å². The summed E-state index contributed by atoms with van der Waals surface area (Å²) in [5.74, 6) is 0.110. The van der Waals surface area contributed by atoms with Crippen LogP contribution in [0.4, 0.5) is 0 Å². The van der Waals surface area contributed by atoms with Gasteiger partial charge in [-0.3, -0.25) is 4.79 Å². The molecule has 16 heavy (non-hydrogen) atoms. The fraction of sp³-hybridized carbons (Fsp3) is 0.308. The van der Waals surface area contributed by atoms with Crippen LogP contribution in [0, 0.1) is 5.41 Å². The van der Waals surface area contributed by atoms with Crippen molar-refractivity contribution in [3.8, 4) is 0 Å². The van der Waals surface area contributed by atoms with Crippen LogP contribution in [0.5, 0.6) is 0 Å². The second kappa shape index (κ2) is 3.86. The molecule has 0 saturated carbocycles. The number of hydrogen-bond donors (Lipinski definition) is 0. The van der Waals surface area contributed by atoms with E-state index in [0.29, 0.717) is 9.90 Å². The van der Waals surface area contributed by atoms with Crippen LogP contribution in [0.25, 0.3) is 10.1 Å². The number of carbonyl (C=O) groups excluding carboxylic acids is 1. The summed E-state index contributed by atoms with van der Waals surface area (Å²) in [5.41, 5.74) is -0.384. The lowest BCUT2D eigenvalue weighted by molar-refractivity contribution is 0.0863. The van der Waals surface area contributed by atoms with Crippen LogP contribution < -0.4 is 0 Å². The van der Waals surface area contributed by atoms with Crippen molar-refractivity contribution in [2.24, 2.45) is 5.41 Å². The zero-order valence-corrected chi connectivity index (χ0v) is 11.1. The lowest BCUT2D eigenvalue weighted by Gasteiger charge is -2.15. The number of benzene rings is 1. The molecule has 0 saturated heterocycles. The van der Waals surface area contributed by atoms with E-state index in [0.717, 1.165) is 10.1 Å². The molecule has 0 aliphatic rings. The predicted octanol–water partition coefficient (Wildman–Crippen LogP) is 4.78. The Hall–Kier alpha value is -0.860. The summed E-state index contributed by atoms with van der Waals surface area (Å²) in [6.45, 7) is 5.74. The standard InChI is InChI=1S/C13H13ClOS/c1-13(2,3)12(15)11-10(14)8-6-4-5-7-9(8)16-11/h4-7H,1-3H3. The van der Waals surface area contributed by atoms with Crippen molar-refractivity contribution in [2.45, 2.75) is 20.8 Å². The zero-order valence-electron chi connectivity index (χ0n) is 9.50. The highest BCUT2D eigenvalue weighted by Gasteiger charge is 2.27. The zero-order chi connectivity index (χ0) is 11.9. The topological polar surface area (TPSA) is 17.1 Å². The second-order valence-electron chi connectivity index (χ2n) is 4.82. The first kappa shape index (κ1) is 11.6. The molecule has 0 bridgehead atoms. The molecule has 0 spiro atoms. The Morgan fingerprint density at radius 2 is 1.88 bits per heavy atom. The van der Waals surface area contributed by atoms with Crippen LogP contribution >= 0.6 is 22.9 Å². The number of thiophene rings is 1. The molecular formula is C13H13ClOS. The van der Waals surface area contributed by atoms with Gasteiger partial charge in [-0.05, 0) is 6.07 Å². The van der Waals surface area contributed by atoms with Gasteiger partial charge in [0.1, 0.15) is 0 Å².